The molecule has 1 atom stereocenters. The van der Waals surface area contributed by atoms with E-state index in [2.05, 4.69) is 27.8 Å². The highest BCUT2D eigenvalue weighted by molar-refractivity contribution is 7.15. The summed E-state index contributed by atoms with van der Waals surface area (Å²) < 4.78 is 0. The van der Waals surface area contributed by atoms with Crippen LogP contribution in [0.2, 0.25) is 0 Å². The second-order valence-electron chi connectivity index (χ2n) is 5.98. The van der Waals surface area contributed by atoms with E-state index in [0.29, 0.717) is 15.4 Å². The molecule has 0 bridgehead atoms. The van der Waals surface area contributed by atoms with Crippen molar-refractivity contribution in [1.82, 2.24) is 10.6 Å². The molecule has 0 radical (unpaired) electrons. The molecule has 2 aromatic rings. The van der Waals surface area contributed by atoms with Gasteiger partial charge in [-0.3, -0.25) is 4.79 Å². The maximum absolute atomic E-state index is 12.7. The number of amides is 3. The minimum absolute atomic E-state index is 0.0777. The van der Waals surface area contributed by atoms with E-state index in [-0.39, 0.29) is 11.9 Å². The Labute approximate surface area is 160 Å². The van der Waals surface area contributed by atoms with Gasteiger partial charge in [-0.1, -0.05) is 18.3 Å². The van der Waals surface area contributed by atoms with Crippen molar-refractivity contribution in [1.29, 1.82) is 0 Å². The fourth-order valence-corrected chi connectivity index (χ4v) is 4.17. The zero-order valence-electron chi connectivity index (χ0n) is 14.1. The molecule has 3 rings (SSSR count). The third kappa shape index (κ3) is 5.08. The summed E-state index contributed by atoms with van der Waals surface area (Å²) in [7, 11) is 0. The summed E-state index contributed by atoms with van der Waals surface area (Å²) in [6, 6.07) is 2.99. The summed E-state index contributed by atoms with van der Waals surface area (Å²) in [6.07, 6.45) is 3.13. The normalized spacial score (nSPS) is 16.8. The minimum Gasteiger partial charge on any atom is -0.351 e. The first-order valence-corrected chi connectivity index (χ1v) is 10.1. The molecule has 3 amide bonds. The van der Waals surface area contributed by atoms with Crippen LogP contribution in [0, 0.1) is 11.8 Å². The van der Waals surface area contributed by atoms with Gasteiger partial charge < -0.3 is 21.7 Å². The van der Waals surface area contributed by atoms with E-state index in [0.717, 1.165) is 37.9 Å². The standard InChI is InChI=1S/C18H20N4O2S2/c19-18(24)22-15-9-14(5-4-12-6-8-25-11-12)26-16(15)17(23)21-13-3-1-2-7-20-10-13/h6,8-9,11,13,20H,1-3,7,10H2,(H,21,23)(H3,19,22,24). The van der Waals surface area contributed by atoms with Crippen molar-refractivity contribution in [3.63, 3.8) is 0 Å². The molecular weight excluding hydrogens is 368 g/mol. The molecule has 1 fully saturated rings. The summed E-state index contributed by atoms with van der Waals surface area (Å²) >= 11 is 2.83. The van der Waals surface area contributed by atoms with E-state index in [4.69, 9.17) is 5.73 Å². The Kier molecular flexibility index (Phi) is 6.28. The molecule has 1 aliphatic heterocycles. The number of hydrogen-bond acceptors (Lipinski definition) is 5. The molecule has 1 unspecified atom stereocenters. The van der Waals surface area contributed by atoms with Crippen molar-refractivity contribution in [2.24, 2.45) is 5.73 Å². The SMILES string of the molecule is NC(=O)Nc1cc(C#Cc2ccsc2)sc1C(=O)NC1CCCCNC1. The highest BCUT2D eigenvalue weighted by Gasteiger charge is 2.21. The Balaban J connectivity index is 1.79. The van der Waals surface area contributed by atoms with Crippen molar-refractivity contribution in [3.05, 3.63) is 38.2 Å². The minimum atomic E-state index is -0.703. The predicted molar refractivity (Wildman–Crippen MR) is 106 cm³/mol. The third-order valence-corrected chi connectivity index (χ3v) is 5.66. The molecule has 3 heterocycles. The zero-order chi connectivity index (χ0) is 18.4. The first-order chi connectivity index (χ1) is 12.6. The Morgan fingerprint density at radius 2 is 2.19 bits per heavy atom. The van der Waals surface area contributed by atoms with Crippen LogP contribution >= 0.6 is 22.7 Å². The molecule has 0 aliphatic carbocycles. The van der Waals surface area contributed by atoms with E-state index in [1.807, 2.05) is 16.8 Å². The maximum Gasteiger partial charge on any atom is 0.316 e. The van der Waals surface area contributed by atoms with Gasteiger partial charge in [-0.25, -0.2) is 4.79 Å². The van der Waals surface area contributed by atoms with E-state index in [1.54, 1.807) is 17.4 Å². The summed E-state index contributed by atoms with van der Waals surface area (Å²) in [4.78, 5) is 25.1. The van der Waals surface area contributed by atoms with Crippen molar-refractivity contribution in [2.75, 3.05) is 18.4 Å². The summed E-state index contributed by atoms with van der Waals surface area (Å²) in [5, 5.41) is 12.8. The average molecular weight is 389 g/mol. The van der Waals surface area contributed by atoms with Crippen LogP contribution < -0.4 is 21.7 Å². The number of carbonyl (C=O) groups is 2. The number of nitrogens with one attached hydrogen (secondary N) is 3. The smallest absolute Gasteiger partial charge is 0.316 e. The second kappa shape index (κ2) is 8.85. The van der Waals surface area contributed by atoms with Crippen molar-refractivity contribution >= 4 is 40.3 Å². The zero-order valence-corrected chi connectivity index (χ0v) is 15.8. The number of primary amides is 1. The van der Waals surface area contributed by atoms with Crippen molar-refractivity contribution in [2.45, 2.75) is 25.3 Å². The van der Waals surface area contributed by atoms with Gasteiger partial charge in [-0.2, -0.15) is 11.3 Å². The van der Waals surface area contributed by atoms with Crippen LogP contribution in [0.15, 0.2) is 22.9 Å². The molecular formula is C18H20N4O2S2. The van der Waals surface area contributed by atoms with Crippen molar-refractivity contribution < 1.29 is 9.59 Å². The lowest BCUT2D eigenvalue weighted by Crippen LogP contribution is -2.40. The number of hydrogen-bond donors (Lipinski definition) is 4. The molecule has 1 aliphatic rings. The molecule has 8 heteroatoms. The van der Waals surface area contributed by atoms with Crippen LogP contribution in [0.1, 0.15) is 39.4 Å². The van der Waals surface area contributed by atoms with Gasteiger partial charge in [0.1, 0.15) is 4.88 Å². The quantitative estimate of drug-likeness (QED) is 0.609. The Morgan fingerprint density at radius 3 is 2.96 bits per heavy atom. The molecule has 0 aromatic carbocycles. The largest absolute Gasteiger partial charge is 0.351 e. The molecule has 0 spiro atoms. The van der Waals surface area contributed by atoms with Gasteiger partial charge in [0.05, 0.1) is 10.6 Å². The Hall–Kier alpha value is -2.34. The fraction of sp³-hybridized carbons (Fsp3) is 0.333. The van der Waals surface area contributed by atoms with Crippen LogP contribution in [-0.4, -0.2) is 31.1 Å². The average Bonchev–Trinajstić information content (AvgIpc) is 3.18. The Morgan fingerprint density at radius 1 is 1.31 bits per heavy atom. The molecule has 1 saturated heterocycles. The first-order valence-electron chi connectivity index (χ1n) is 8.38. The number of thiophene rings is 2. The van der Waals surface area contributed by atoms with Crippen LogP contribution in [-0.2, 0) is 0 Å². The molecule has 136 valence electrons. The van der Waals surface area contributed by atoms with Crippen LogP contribution in [0.25, 0.3) is 0 Å². The second-order valence-corrected chi connectivity index (χ2v) is 7.81. The van der Waals surface area contributed by atoms with Gasteiger partial charge >= 0.3 is 6.03 Å². The van der Waals surface area contributed by atoms with Crippen LogP contribution in [0.5, 0.6) is 0 Å². The van der Waals surface area contributed by atoms with Gasteiger partial charge in [0.15, 0.2) is 0 Å². The third-order valence-electron chi connectivity index (χ3n) is 3.93. The van der Waals surface area contributed by atoms with E-state index in [9.17, 15) is 9.59 Å². The first kappa shape index (κ1) is 18.5. The summed E-state index contributed by atoms with van der Waals surface area (Å²) in [6.45, 7) is 1.72. The van der Waals surface area contributed by atoms with Gasteiger partial charge in [0.2, 0.25) is 0 Å². The number of rotatable bonds is 3. The van der Waals surface area contributed by atoms with Gasteiger partial charge in [-0.05, 0) is 36.9 Å². The van der Waals surface area contributed by atoms with E-state index < -0.39 is 6.03 Å². The lowest BCUT2D eigenvalue weighted by molar-refractivity contribution is 0.0940. The number of nitrogens with two attached hydrogens (primary N) is 1. The fourth-order valence-electron chi connectivity index (χ4n) is 2.71. The summed E-state index contributed by atoms with van der Waals surface area (Å²) in [5.74, 6) is 5.88. The highest BCUT2D eigenvalue weighted by atomic mass is 32.1. The molecule has 6 nitrogen and oxygen atoms in total. The highest BCUT2D eigenvalue weighted by Crippen LogP contribution is 2.27. The monoisotopic (exact) mass is 388 g/mol. The van der Waals surface area contributed by atoms with Crippen LogP contribution in [0.3, 0.4) is 0 Å². The molecule has 0 saturated carbocycles. The van der Waals surface area contributed by atoms with Crippen molar-refractivity contribution in [3.8, 4) is 11.8 Å². The van der Waals surface area contributed by atoms with Crippen LogP contribution in [0.4, 0.5) is 10.5 Å². The lowest BCUT2D eigenvalue weighted by Gasteiger charge is -2.16. The molecule has 26 heavy (non-hydrogen) atoms. The number of carbonyl (C=O) groups excluding carboxylic acids is 2. The lowest BCUT2D eigenvalue weighted by atomic mass is 10.1. The van der Waals surface area contributed by atoms with E-state index >= 15 is 0 Å². The number of urea groups is 1. The topological polar surface area (TPSA) is 96.2 Å². The van der Waals surface area contributed by atoms with Gasteiger partial charge in [0.25, 0.3) is 5.91 Å². The van der Waals surface area contributed by atoms with Gasteiger partial charge in [-0.15, -0.1) is 11.3 Å². The number of anilines is 1. The molecule has 2 aromatic heterocycles. The van der Waals surface area contributed by atoms with E-state index in [1.165, 1.54) is 11.3 Å². The maximum atomic E-state index is 12.7. The molecule has 5 N–H and O–H groups in total. The predicted octanol–water partition coefficient (Wildman–Crippen LogP) is 2.57. The van der Waals surface area contributed by atoms with Gasteiger partial charge in [0, 0.05) is 23.5 Å². The summed E-state index contributed by atoms with van der Waals surface area (Å²) in [5.41, 5.74) is 6.56. The Bertz CT molecular complexity index is 825.